The zero-order valence-electron chi connectivity index (χ0n) is 13.2. The molecule has 0 saturated carbocycles. The summed E-state index contributed by atoms with van der Waals surface area (Å²) in [5.41, 5.74) is 0. The molecule has 0 spiro atoms. The Labute approximate surface area is 118 Å². The summed E-state index contributed by atoms with van der Waals surface area (Å²) in [4.78, 5) is 14.5. The minimum atomic E-state index is -0.0127. The van der Waals surface area contributed by atoms with Crippen LogP contribution in [0, 0.1) is 11.8 Å². The molecule has 4 nitrogen and oxygen atoms in total. The fraction of sp³-hybridized carbons (Fsp3) is 0.933. The fourth-order valence-electron chi connectivity index (χ4n) is 3.02. The second kappa shape index (κ2) is 7.85. The molecule has 1 heterocycles. The summed E-state index contributed by atoms with van der Waals surface area (Å²) in [5, 5.41) is 6.14. The normalized spacial score (nSPS) is 21.4. The summed E-state index contributed by atoms with van der Waals surface area (Å²) in [7, 11) is 1.73. The van der Waals surface area contributed by atoms with Crippen molar-refractivity contribution >= 4 is 5.91 Å². The van der Waals surface area contributed by atoms with Gasteiger partial charge in [0.05, 0.1) is 0 Å². The third-order valence-electron chi connectivity index (χ3n) is 3.79. The van der Waals surface area contributed by atoms with Crippen LogP contribution in [0.3, 0.4) is 0 Å². The highest BCUT2D eigenvalue weighted by molar-refractivity contribution is 5.81. The van der Waals surface area contributed by atoms with Crippen LogP contribution in [0.5, 0.6) is 0 Å². The second-order valence-electron chi connectivity index (χ2n) is 6.48. The van der Waals surface area contributed by atoms with Crippen molar-refractivity contribution in [2.75, 3.05) is 26.7 Å². The number of likely N-dealkylation sites (N-methyl/N-ethyl adjacent to an activating group) is 1. The van der Waals surface area contributed by atoms with Crippen LogP contribution in [0.15, 0.2) is 0 Å². The summed E-state index contributed by atoms with van der Waals surface area (Å²) < 4.78 is 0. The Morgan fingerprint density at radius 2 is 1.84 bits per heavy atom. The summed E-state index contributed by atoms with van der Waals surface area (Å²) in [5.74, 6) is 1.48. The monoisotopic (exact) mass is 269 g/mol. The Morgan fingerprint density at radius 1 is 1.26 bits per heavy atom. The molecule has 1 saturated heterocycles. The van der Waals surface area contributed by atoms with Crippen molar-refractivity contribution in [1.82, 2.24) is 15.5 Å². The second-order valence-corrected chi connectivity index (χ2v) is 6.48. The zero-order chi connectivity index (χ0) is 14.4. The van der Waals surface area contributed by atoms with Crippen molar-refractivity contribution in [2.45, 2.75) is 52.6 Å². The Kier molecular flexibility index (Phi) is 6.80. The van der Waals surface area contributed by atoms with E-state index in [1.54, 1.807) is 7.05 Å². The van der Waals surface area contributed by atoms with Crippen molar-refractivity contribution in [1.29, 1.82) is 0 Å². The van der Waals surface area contributed by atoms with E-state index in [0.29, 0.717) is 17.9 Å². The predicted molar refractivity (Wildman–Crippen MR) is 80.1 cm³/mol. The lowest BCUT2D eigenvalue weighted by atomic mass is 9.92. The number of hydrogen-bond acceptors (Lipinski definition) is 3. The smallest absolute Gasteiger partial charge is 0.238 e. The van der Waals surface area contributed by atoms with Crippen LogP contribution in [0.2, 0.25) is 0 Å². The number of carbonyl (C=O) groups is 1. The molecule has 1 fully saturated rings. The van der Waals surface area contributed by atoms with Gasteiger partial charge in [0.2, 0.25) is 5.91 Å². The number of nitrogens with one attached hydrogen (secondary N) is 2. The van der Waals surface area contributed by atoms with E-state index < -0.39 is 0 Å². The number of piperazine rings is 1. The van der Waals surface area contributed by atoms with E-state index in [0.717, 1.165) is 19.6 Å². The number of nitrogens with zero attached hydrogens (tertiary/aromatic N) is 1. The van der Waals surface area contributed by atoms with E-state index in [4.69, 9.17) is 0 Å². The van der Waals surface area contributed by atoms with Gasteiger partial charge >= 0.3 is 0 Å². The van der Waals surface area contributed by atoms with E-state index in [1.807, 2.05) is 0 Å². The molecule has 1 amide bonds. The molecule has 0 bridgehead atoms. The quantitative estimate of drug-likeness (QED) is 0.767. The van der Waals surface area contributed by atoms with Crippen molar-refractivity contribution in [3.63, 3.8) is 0 Å². The highest BCUT2D eigenvalue weighted by atomic mass is 16.2. The lowest BCUT2D eigenvalue weighted by molar-refractivity contribution is -0.128. The first-order valence-electron chi connectivity index (χ1n) is 7.63. The highest BCUT2D eigenvalue weighted by Gasteiger charge is 2.33. The fourth-order valence-corrected chi connectivity index (χ4v) is 3.02. The van der Waals surface area contributed by atoms with Crippen LogP contribution in [-0.2, 0) is 4.79 Å². The van der Waals surface area contributed by atoms with E-state index in [9.17, 15) is 4.79 Å². The Bertz CT molecular complexity index is 269. The molecule has 1 aliphatic rings. The maximum absolute atomic E-state index is 12.1. The molecule has 0 aromatic carbocycles. The van der Waals surface area contributed by atoms with Gasteiger partial charge in [-0.1, -0.05) is 27.7 Å². The van der Waals surface area contributed by atoms with E-state index in [-0.39, 0.29) is 11.9 Å². The molecule has 0 radical (unpaired) electrons. The number of hydrogen-bond donors (Lipinski definition) is 2. The van der Waals surface area contributed by atoms with Gasteiger partial charge in [-0.25, -0.2) is 0 Å². The third kappa shape index (κ3) is 5.11. The Hall–Kier alpha value is -0.610. The molecular weight excluding hydrogens is 238 g/mol. The molecule has 19 heavy (non-hydrogen) atoms. The molecule has 1 unspecified atom stereocenters. The molecule has 1 atom stereocenters. The SMILES string of the molecule is CNC(=O)C1CNCCN1C(CC(C)C)CC(C)C. The van der Waals surface area contributed by atoms with Crippen molar-refractivity contribution in [3.8, 4) is 0 Å². The lowest BCUT2D eigenvalue weighted by Gasteiger charge is -2.41. The number of rotatable bonds is 6. The first-order chi connectivity index (χ1) is 8.95. The summed E-state index contributed by atoms with van der Waals surface area (Å²) in [6.45, 7) is 11.8. The van der Waals surface area contributed by atoms with Gasteiger partial charge in [-0.2, -0.15) is 0 Å². The van der Waals surface area contributed by atoms with E-state index >= 15 is 0 Å². The molecule has 2 N–H and O–H groups in total. The maximum Gasteiger partial charge on any atom is 0.238 e. The molecular formula is C15H31N3O. The van der Waals surface area contributed by atoms with Crippen LogP contribution in [0.4, 0.5) is 0 Å². The minimum absolute atomic E-state index is 0.0127. The van der Waals surface area contributed by atoms with Crippen molar-refractivity contribution < 1.29 is 4.79 Å². The highest BCUT2D eigenvalue weighted by Crippen LogP contribution is 2.22. The first-order valence-corrected chi connectivity index (χ1v) is 7.63. The molecule has 4 heteroatoms. The van der Waals surface area contributed by atoms with Crippen molar-refractivity contribution in [2.24, 2.45) is 11.8 Å². The topological polar surface area (TPSA) is 44.4 Å². The molecule has 1 aliphatic heterocycles. The largest absolute Gasteiger partial charge is 0.358 e. The van der Waals surface area contributed by atoms with Gasteiger partial charge in [0.1, 0.15) is 6.04 Å². The van der Waals surface area contributed by atoms with Gasteiger partial charge < -0.3 is 10.6 Å². The van der Waals surface area contributed by atoms with Gasteiger partial charge in [-0.05, 0) is 24.7 Å². The Morgan fingerprint density at radius 3 is 2.32 bits per heavy atom. The van der Waals surface area contributed by atoms with Crippen LogP contribution >= 0.6 is 0 Å². The van der Waals surface area contributed by atoms with Gasteiger partial charge in [0, 0.05) is 32.7 Å². The average molecular weight is 269 g/mol. The van der Waals surface area contributed by atoms with Crippen LogP contribution in [-0.4, -0.2) is 49.6 Å². The standard InChI is InChI=1S/C15H31N3O/c1-11(2)8-13(9-12(3)4)18-7-6-17-10-14(18)15(19)16-5/h11-14,17H,6-10H2,1-5H3,(H,16,19). The number of carbonyl (C=O) groups excluding carboxylic acids is 1. The Balaban J connectivity index is 2.79. The van der Waals surface area contributed by atoms with E-state index in [2.05, 4.69) is 43.2 Å². The summed E-state index contributed by atoms with van der Waals surface area (Å²) in [6, 6.07) is 0.505. The van der Waals surface area contributed by atoms with Crippen LogP contribution < -0.4 is 10.6 Å². The zero-order valence-corrected chi connectivity index (χ0v) is 13.2. The first kappa shape index (κ1) is 16.4. The van der Waals surface area contributed by atoms with Crippen molar-refractivity contribution in [3.05, 3.63) is 0 Å². The molecule has 112 valence electrons. The van der Waals surface area contributed by atoms with Crippen LogP contribution in [0.25, 0.3) is 0 Å². The molecule has 1 rings (SSSR count). The predicted octanol–water partition coefficient (Wildman–Crippen LogP) is 1.47. The molecule has 0 aliphatic carbocycles. The van der Waals surface area contributed by atoms with Gasteiger partial charge in [-0.3, -0.25) is 9.69 Å². The molecule has 0 aromatic rings. The summed E-state index contributed by atoms with van der Waals surface area (Å²) in [6.07, 6.45) is 2.34. The molecule has 0 aromatic heterocycles. The lowest BCUT2D eigenvalue weighted by Crippen LogP contribution is -2.60. The maximum atomic E-state index is 12.1. The average Bonchev–Trinajstić information content (AvgIpc) is 2.36. The minimum Gasteiger partial charge on any atom is -0.358 e. The number of amides is 1. The summed E-state index contributed by atoms with van der Waals surface area (Å²) >= 11 is 0. The van der Waals surface area contributed by atoms with Gasteiger partial charge in [0.25, 0.3) is 0 Å². The van der Waals surface area contributed by atoms with Gasteiger partial charge in [-0.15, -0.1) is 0 Å². The van der Waals surface area contributed by atoms with E-state index in [1.165, 1.54) is 12.8 Å². The third-order valence-corrected chi connectivity index (χ3v) is 3.79. The van der Waals surface area contributed by atoms with Crippen LogP contribution in [0.1, 0.15) is 40.5 Å². The van der Waals surface area contributed by atoms with Gasteiger partial charge in [0.15, 0.2) is 0 Å².